The molecule has 9 heteroatoms. The quantitative estimate of drug-likeness (QED) is 0.800. The molecule has 1 amide bonds. The van der Waals surface area contributed by atoms with Gasteiger partial charge < -0.3 is 5.32 Å². The van der Waals surface area contributed by atoms with Crippen LogP contribution in [-0.4, -0.2) is 30.3 Å². The fraction of sp³-hybridized carbons (Fsp3) is 0. The topological polar surface area (TPSA) is 85.6 Å². The van der Waals surface area contributed by atoms with Gasteiger partial charge in [-0.1, -0.05) is 16.1 Å². The van der Waals surface area contributed by atoms with Crippen molar-refractivity contribution in [3.63, 3.8) is 0 Å². The first-order valence-electron chi connectivity index (χ1n) is 5.49. The van der Waals surface area contributed by atoms with Gasteiger partial charge in [0.05, 0.1) is 5.02 Å². The summed E-state index contributed by atoms with van der Waals surface area (Å²) in [5.74, 6) is 0.505. The van der Waals surface area contributed by atoms with Gasteiger partial charge in [-0.15, -0.1) is 10.2 Å². The second-order valence-corrected chi connectivity index (χ2v) is 4.72. The molecule has 20 heavy (non-hydrogen) atoms. The summed E-state index contributed by atoms with van der Waals surface area (Å²) in [5, 5.41) is 12.5. The van der Waals surface area contributed by atoms with Crippen LogP contribution in [0.25, 0.3) is 5.82 Å². The fourth-order valence-corrected chi connectivity index (χ4v) is 2.14. The summed E-state index contributed by atoms with van der Waals surface area (Å²) in [5.41, 5.74) is 0.250. The van der Waals surface area contributed by atoms with E-state index in [0.29, 0.717) is 16.7 Å². The Hall–Kier alpha value is -2.32. The summed E-state index contributed by atoms with van der Waals surface area (Å²) in [6.45, 7) is 0. The second-order valence-electron chi connectivity index (χ2n) is 3.70. The molecule has 0 saturated carbocycles. The standard InChI is InChI=1S/C11H7ClN6OS/c12-7-2-1-4-13-10(7)18-5-3-9(16-18)14-11(19)8-6-20-17-15-8/h1-6H,(H,14,16,19). The molecule has 3 aromatic heterocycles. The first kappa shape index (κ1) is 12.7. The summed E-state index contributed by atoms with van der Waals surface area (Å²) in [6, 6.07) is 5.08. The maximum Gasteiger partial charge on any atom is 0.278 e. The molecule has 0 fully saturated rings. The van der Waals surface area contributed by atoms with Gasteiger partial charge in [0.25, 0.3) is 5.91 Å². The highest BCUT2D eigenvalue weighted by Crippen LogP contribution is 2.17. The molecule has 0 saturated heterocycles. The molecule has 0 aliphatic rings. The van der Waals surface area contributed by atoms with E-state index in [1.165, 1.54) is 4.68 Å². The maximum absolute atomic E-state index is 11.8. The number of nitrogens with zero attached hydrogens (tertiary/aromatic N) is 5. The van der Waals surface area contributed by atoms with Crippen LogP contribution in [0, 0.1) is 0 Å². The number of nitrogens with one attached hydrogen (secondary N) is 1. The molecule has 0 aromatic carbocycles. The van der Waals surface area contributed by atoms with E-state index in [-0.39, 0.29) is 11.6 Å². The molecule has 0 atom stereocenters. The second kappa shape index (κ2) is 5.35. The number of anilines is 1. The number of aromatic nitrogens is 5. The number of carbonyl (C=O) groups excluding carboxylic acids is 1. The molecule has 3 aromatic rings. The van der Waals surface area contributed by atoms with Crippen molar-refractivity contribution in [2.75, 3.05) is 5.32 Å². The van der Waals surface area contributed by atoms with Crippen LogP contribution in [0.15, 0.2) is 36.0 Å². The van der Waals surface area contributed by atoms with Crippen LogP contribution in [0.4, 0.5) is 5.82 Å². The highest BCUT2D eigenvalue weighted by atomic mass is 35.5. The van der Waals surface area contributed by atoms with Crippen molar-refractivity contribution in [3.8, 4) is 5.82 Å². The van der Waals surface area contributed by atoms with E-state index < -0.39 is 0 Å². The predicted molar refractivity (Wildman–Crippen MR) is 74.2 cm³/mol. The van der Waals surface area contributed by atoms with Crippen molar-refractivity contribution in [3.05, 3.63) is 46.7 Å². The summed E-state index contributed by atoms with van der Waals surface area (Å²) >= 11 is 7.13. The van der Waals surface area contributed by atoms with Crippen LogP contribution in [-0.2, 0) is 0 Å². The normalized spacial score (nSPS) is 10.4. The number of rotatable bonds is 3. The molecular formula is C11H7ClN6OS. The third-order valence-electron chi connectivity index (χ3n) is 2.38. The van der Waals surface area contributed by atoms with E-state index >= 15 is 0 Å². The van der Waals surface area contributed by atoms with Crippen molar-refractivity contribution in [1.82, 2.24) is 24.4 Å². The van der Waals surface area contributed by atoms with Gasteiger partial charge in [-0.25, -0.2) is 9.67 Å². The lowest BCUT2D eigenvalue weighted by molar-refractivity contribution is 0.102. The van der Waals surface area contributed by atoms with Crippen molar-refractivity contribution in [1.29, 1.82) is 0 Å². The Morgan fingerprint density at radius 2 is 2.30 bits per heavy atom. The predicted octanol–water partition coefficient (Wildman–Crippen LogP) is 2.02. The molecule has 0 spiro atoms. The minimum atomic E-state index is -0.365. The maximum atomic E-state index is 11.8. The van der Waals surface area contributed by atoms with Gasteiger partial charge in [-0.2, -0.15) is 0 Å². The minimum absolute atomic E-state index is 0.250. The molecule has 0 aliphatic heterocycles. The molecule has 100 valence electrons. The number of hydrogen-bond donors (Lipinski definition) is 1. The number of amides is 1. The lowest BCUT2D eigenvalue weighted by Crippen LogP contribution is -2.13. The monoisotopic (exact) mass is 306 g/mol. The Morgan fingerprint density at radius 3 is 3.05 bits per heavy atom. The van der Waals surface area contributed by atoms with Crippen molar-refractivity contribution in [2.24, 2.45) is 0 Å². The van der Waals surface area contributed by atoms with E-state index in [2.05, 4.69) is 25.0 Å². The van der Waals surface area contributed by atoms with Gasteiger partial charge in [-0.3, -0.25) is 4.79 Å². The average Bonchev–Trinajstić information content (AvgIpc) is 3.10. The summed E-state index contributed by atoms with van der Waals surface area (Å²) in [6.07, 6.45) is 3.27. The molecular weight excluding hydrogens is 300 g/mol. The lowest BCUT2D eigenvalue weighted by Gasteiger charge is -2.02. The van der Waals surface area contributed by atoms with Gasteiger partial charge in [0.15, 0.2) is 17.3 Å². The zero-order chi connectivity index (χ0) is 13.9. The first-order chi connectivity index (χ1) is 9.74. The Labute approximate surface area is 122 Å². The minimum Gasteiger partial charge on any atom is -0.304 e. The Morgan fingerprint density at radius 1 is 1.40 bits per heavy atom. The summed E-state index contributed by atoms with van der Waals surface area (Å²) < 4.78 is 5.11. The lowest BCUT2D eigenvalue weighted by atomic mass is 10.4. The third kappa shape index (κ3) is 2.51. The van der Waals surface area contributed by atoms with Crippen molar-refractivity contribution < 1.29 is 4.79 Å². The molecule has 7 nitrogen and oxygen atoms in total. The van der Waals surface area contributed by atoms with E-state index in [0.717, 1.165) is 11.5 Å². The van der Waals surface area contributed by atoms with Gasteiger partial charge in [0, 0.05) is 23.8 Å². The van der Waals surface area contributed by atoms with Crippen LogP contribution in [0.2, 0.25) is 5.02 Å². The average molecular weight is 307 g/mol. The fourth-order valence-electron chi connectivity index (χ4n) is 1.50. The molecule has 3 rings (SSSR count). The molecule has 0 unspecified atom stereocenters. The summed E-state index contributed by atoms with van der Waals surface area (Å²) in [7, 11) is 0. The smallest absolute Gasteiger partial charge is 0.278 e. The first-order valence-corrected chi connectivity index (χ1v) is 6.70. The number of hydrogen-bond acceptors (Lipinski definition) is 6. The van der Waals surface area contributed by atoms with Crippen LogP contribution < -0.4 is 5.32 Å². The Balaban J connectivity index is 1.81. The molecule has 3 heterocycles. The van der Waals surface area contributed by atoms with Gasteiger partial charge >= 0.3 is 0 Å². The number of carbonyl (C=O) groups is 1. The van der Waals surface area contributed by atoms with Crippen LogP contribution >= 0.6 is 23.1 Å². The van der Waals surface area contributed by atoms with E-state index in [1.807, 2.05) is 0 Å². The van der Waals surface area contributed by atoms with Gasteiger partial charge in [-0.05, 0) is 23.7 Å². The molecule has 1 N–H and O–H groups in total. The van der Waals surface area contributed by atoms with E-state index in [9.17, 15) is 4.79 Å². The number of halogens is 1. The molecule has 0 aliphatic carbocycles. The van der Waals surface area contributed by atoms with Gasteiger partial charge in [0.1, 0.15) is 0 Å². The van der Waals surface area contributed by atoms with Crippen molar-refractivity contribution >= 4 is 34.9 Å². The number of pyridine rings is 1. The largest absolute Gasteiger partial charge is 0.304 e. The van der Waals surface area contributed by atoms with Crippen molar-refractivity contribution in [2.45, 2.75) is 0 Å². The Bertz CT molecular complexity index is 741. The SMILES string of the molecule is O=C(Nc1ccn(-c2ncccc2Cl)n1)c1csnn1. The molecule has 0 bridgehead atoms. The van der Waals surface area contributed by atoms with Crippen LogP contribution in [0.3, 0.4) is 0 Å². The Kier molecular flexibility index (Phi) is 3.40. The zero-order valence-corrected chi connectivity index (χ0v) is 11.5. The summed E-state index contributed by atoms with van der Waals surface area (Å²) in [4.78, 5) is 15.9. The third-order valence-corrected chi connectivity index (χ3v) is 3.18. The van der Waals surface area contributed by atoms with Crippen LogP contribution in [0.1, 0.15) is 10.5 Å². The van der Waals surface area contributed by atoms with E-state index in [4.69, 9.17) is 11.6 Å². The zero-order valence-electron chi connectivity index (χ0n) is 9.89. The van der Waals surface area contributed by atoms with Gasteiger partial charge in [0.2, 0.25) is 0 Å². The van der Waals surface area contributed by atoms with E-state index in [1.54, 1.807) is 36.0 Å². The highest BCUT2D eigenvalue weighted by Gasteiger charge is 2.12. The molecule has 0 radical (unpaired) electrons. The van der Waals surface area contributed by atoms with Crippen LogP contribution in [0.5, 0.6) is 0 Å². The highest BCUT2D eigenvalue weighted by molar-refractivity contribution is 7.03.